The summed E-state index contributed by atoms with van der Waals surface area (Å²) in [5, 5.41) is 17.3. The molecular formula is C20H18N4O2. The van der Waals surface area contributed by atoms with Crippen LogP contribution in [0.1, 0.15) is 5.56 Å². The number of aryl methyl sites for hydroxylation is 1. The van der Waals surface area contributed by atoms with Crippen molar-refractivity contribution < 1.29 is 4.92 Å². The minimum absolute atomic E-state index is 0.0352. The summed E-state index contributed by atoms with van der Waals surface area (Å²) in [4.78, 5) is 14.9. The van der Waals surface area contributed by atoms with E-state index in [9.17, 15) is 10.1 Å². The fourth-order valence-corrected chi connectivity index (χ4v) is 2.30. The number of guanidine groups is 1. The van der Waals surface area contributed by atoms with E-state index in [1.807, 2.05) is 61.5 Å². The third kappa shape index (κ3) is 4.67. The van der Waals surface area contributed by atoms with E-state index in [-0.39, 0.29) is 5.69 Å². The Morgan fingerprint density at radius 3 is 2.00 bits per heavy atom. The fourth-order valence-electron chi connectivity index (χ4n) is 2.30. The average Bonchev–Trinajstić information content (AvgIpc) is 2.65. The predicted octanol–water partition coefficient (Wildman–Crippen LogP) is 5.11. The summed E-state index contributed by atoms with van der Waals surface area (Å²) in [6.45, 7) is 2.03. The molecule has 0 aliphatic heterocycles. The minimum Gasteiger partial charge on any atom is -0.326 e. The highest BCUT2D eigenvalue weighted by Gasteiger charge is 2.06. The van der Waals surface area contributed by atoms with Gasteiger partial charge in [-0.2, -0.15) is 0 Å². The molecule has 130 valence electrons. The molecule has 6 nitrogen and oxygen atoms in total. The molecule has 26 heavy (non-hydrogen) atoms. The number of nitro groups is 1. The molecule has 0 bridgehead atoms. The Bertz CT molecular complexity index is 905. The second-order valence-corrected chi connectivity index (χ2v) is 5.72. The van der Waals surface area contributed by atoms with E-state index in [2.05, 4.69) is 15.6 Å². The van der Waals surface area contributed by atoms with Gasteiger partial charge >= 0.3 is 0 Å². The Balaban J connectivity index is 1.88. The molecule has 0 spiro atoms. The summed E-state index contributed by atoms with van der Waals surface area (Å²) in [6, 6.07) is 23.7. The van der Waals surface area contributed by atoms with E-state index >= 15 is 0 Å². The van der Waals surface area contributed by atoms with Crippen LogP contribution in [-0.4, -0.2) is 10.9 Å². The molecule has 3 aromatic rings. The SMILES string of the molecule is Cc1ccc(NC(=Nc2ccc([N+](=O)[O-])cc2)Nc2ccccc2)cc1. The molecule has 0 saturated carbocycles. The molecule has 0 fully saturated rings. The minimum atomic E-state index is -0.429. The van der Waals surface area contributed by atoms with Crippen LogP contribution in [0.2, 0.25) is 0 Å². The van der Waals surface area contributed by atoms with Crippen LogP contribution in [0.4, 0.5) is 22.7 Å². The van der Waals surface area contributed by atoms with Crippen molar-refractivity contribution in [1.29, 1.82) is 0 Å². The van der Waals surface area contributed by atoms with Crippen LogP contribution < -0.4 is 10.6 Å². The van der Waals surface area contributed by atoms with Gasteiger partial charge in [0.05, 0.1) is 10.6 Å². The third-order valence-corrected chi connectivity index (χ3v) is 3.65. The molecule has 0 atom stereocenters. The molecule has 6 heteroatoms. The van der Waals surface area contributed by atoms with Gasteiger partial charge in [0, 0.05) is 23.5 Å². The average molecular weight is 346 g/mol. The molecule has 2 N–H and O–H groups in total. The maximum absolute atomic E-state index is 10.8. The highest BCUT2D eigenvalue weighted by Crippen LogP contribution is 2.19. The molecule has 0 radical (unpaired) electrons. The molecular weight excluding hydrogens is 328 g/mol. The first kappa shape index (κ1) is 17.2. The quantitative estimate of drug-likeness (QED) is 0.297. The van der Waals surface area contributed by atoms with Crippen molar-refractivity contribution in [2.75, 3.05) is 10.6 Å². The van der Waals surface area contributed by atoms with Crippen LogP contribution in [0.15, 0.2) is 83.9 Å². The van der Waals surface area contributed by atoms with E-state index < -0.39 is 4.92 Å². The number of nitrogens with one attached hydrogen (secondary N) is 2. The first-order valence-electron chi connectivity index (χ1n) is 8.09. The van der Waals surface area contributed by atoms with Gasteiger partial charge in [-0.05, 0) is 43.3 Å². The summed E-state index contributed by atoms with van der Waals surface area (Å²) in [5.74, 6) is 0.522. The third-order valence-electron chi connectivity index (χ3n) is 3.65. The lowest BCUT2D eigenvalue weighted by Gasteiger charge is -2.13. The number of rotatable bonds is 4. The topological polar surface area (TPSA) is 79.6 Å². The first-order valence-corrected chi connectivity index (χ1v) is 8.09. The van der Waals surface area contributed by atoms with Crippen molar-refractivity contribution in [3.63, 3.8) is 0 Å². The number of non-ortho nitro benzene ring substituents is 1. The van der Waals surface area contributed by atoms with Gasteiger partial charge in [0.15, 0.2) is 0 Å². The Morgan fingerprint density at radius 1 is 0.846 bits per heavy atom. The molecule has 0 saturated heterocycles. The maximum Gasteiger partial charge on any atom is 0.269 e. The number of para-hydroxylation sites is 1. The van der Waals surface area contributed by atoms with Crippen molar-refractivity contribution >= 4 is 28.7 Å². The zero-order valence-electron chi connectivity index (χ0n) is 14.2. The van der Waals surface area contributed by atoms with Crippen LogP contribution >= 0.6 is 0 Å². The molecule has 0 heterocycles. The number of anilines is 2. The van der Waals surface area contributed by atoms with Gasteiger partial charge in [-0.3, -0.25) is 10.1 Å². The van der Waals surface area contributed by atoms with E-state index in [0.717, 1.165) is 11.4 Å². The summed E-state index contributed by atoms with van der Waals surface area (Å²) < 4.78 is 0. The van der Waals surface area contributed by atoms with Gasteiger partial charge in [0.25, 0.3) is 5.69 Å². The molecule has 0 unspecified atom stereocenters. The van der Waals surface area contributed by atoms with E-state index in [1.54, 1.807) is 12.1 Å². The van der Waals surface area contributed by atoms with Crippen molar-refractivity contribution in [3.8, 4) is 0 Å². The Labute approximate surface area is 151 Å². The monoisotopic (exact) mass is 346 g/mol. The van der Waals surface area contributed by atoms with Gasteiger partial charge in [-0.1, -0.05) is 35.9 Å². The largest absolute Gasteiger partial charge is 0.326 e. The van der Waals surface area contributed by atoms with Crippen molar-refractivity contribution in [3.05, 3.63) is 94.5 Å². The highest BCUT2D eigenvalue weighted by atomic mass is 16.6. The number of nitrogens with zero attached hydrogens (tertiary/aromatic N) is 2. The summed E-state index contributed by atoms with van der Waals surface area (Å²) in [5.41, 5.74) is 3.58. The summed E-state index contributed by atoms with van der Waals surface area (Å²) >= 11 is 0. The summed E-state index contributed by atoms with van der Waals surface area (Å²) in [6.07, 6.45) is 0. The van der Waals surface area contributed by atoms with Gasteiger partial charge in [0.2, 0.25) is 5.96 Å². The molecule has 3 aromatic carbocycles. The first-order chi connectivity index (χ1) is 12.6. The Morgan fingerprint density at radius 2 is 1.42 bits per heavy atom. The van der Waals surface area contributed by atoms with E-state index in [4.69, 9.17) is 0 Å². The number of hydrogen-bond donors (Lipinski definition) is 2. The van der Waals surface area contributed by atoms with Gasteiger partial charge in [0.1, 0.15) is 0 Å². The number of nitro benzene ring substituents is 1. The second-order valence-electron chi connectivity index (χ2n) is 5.72. The normalized spacial score (nSPS) is 11.0. The van der Waals surface area contributed by atoms with E-state index in [0.29, 0.717) is 11.6 Å². The lowest BCUT2D eigenvalue weighted by Crippen LogP contribution is -2.21. The van der Waals surface area contributed by atoms with Crippen molar-refractivity contribution in [2.24, 2.45) is 4.99 Å². The molecule has 0 aliphatic carbocycles. The van der Waals surface area contributed by atoms with Crippen LogP contribution in [0, 0.1) is 17.0 Å². The maximum atomic E-state index is 10.8. The highest BCUT2D eigenvalue weighted by molar-refractivity contribution is 6.04. The predicted molar refractivity (Wildman–Crippen MR) is 105 cm³/mol. The summed E-state index contributed by atoms with van der Waals surface area (Å²) in [7, 11) is 0. The van der Waals surface area contributed by atoms with Gasteiger partial charge in [-0.15, -0.1) is 0 Å². The number of benzene rings is 3. The van der Waals surface area contributed by atoms with Gasteiger partial charge in [-0.25, -0.2) is 4.99 Å². The van der Waals surface area contributed by atoms with Gasteiger partial charge < -0.3 is 10.6 Å². The zero-order chi connectivity index (χ0) is 18.4. The van der Waals surface area contributed by atoms with Crippen molar-refractivity contribution in [2.45, 2.75) is 6.92 Å². The lowest BCUT2D eigenvalue weighted by molar-refractivity contribution is -0.384. The smallest absolute Gasteiger partial charge is 0.269 e. The lowest BCUT2D eigenvalue weighted by atomic mass is 10.2. The van der Waals surface area contributed by atoms with Crippen LogP contribution in [0.5, 0.6) is 0 Å². The van der Waals surface area contributed by atoms with Crippen LogP contribution in [0.3, 0.4) is 0 Å². The van der Waals surface area contributed by atoms with Crippen molar-refractivity contribution in [1.82, 2.24) is 0 Å². The number of hydrogen-bond acceptors (Lipinski definition) is 3. The zero-order valence-corrected chi connectivity index (χ0v) is 14.2. The Kier molecular flexibility index (Phi) is 5.24. The second kappa shape index (κ2) is 7.94. The molecule has 3 rings (SSSR count). The van der Waals surface area contributed by atoms with Crippen LogP contribution in [0.25, 0.3) is 0 Å². The standard InChI is InChI=1S/C20H18N4O2/c1-15-7-9-17(10-8-15)22-20(21-16-5-3-2-4-6-16)23-18-11-13-19(14-12-18)24(25)26/h2-14H,1H3,(H2,21,22,23). The molecule has 0 aliphatic rings. The molecule has 0 aromatic heterocycles. The Hall–Kier alpha value is -3.67. The number of aliphatic imine (C=N–C) groups is 1. The van der Waals surface area contributed by atoms with Crippen LogP contribution in [-0.2, 0) is 0 Å². The molecule has 0 amide bonds. The van der Waals surface area contributed by atoms with E-state index in [1.165, 1.54) is 17.7 Å². The fraction of sp³-hybridized carbons (Fsp3) is 0.0500.